The van der Waals surface area contributed by atoms with E-state index < -0.39 is 0 Å². The summed E-state index contributed by atoms with van der Waals surface area (Å²) in [4.78, 5) is 0. The maximum atomic E-state index is 13.3. The molecule has 2 aromatic carbocycles. The highest BCUT2D eigenvalue weighted by Gasteiger charge is 2.07. The van der Waals surface area contributed by atoms with E-state index in [4.69, 9.17) is 27.9 Å². The van der Waals surface area contributed by atoms with Gasteiger partial charge in [-0.3, -0.25) is 0 Å². The van der Waals surface area contributed by atoms with Crippen molar-refractivity contribution in [3.05, 3.63) is 62.3 Å². The Morgan fingerprint density at radius 2 is 1.78 bits per heavy atom. The van der Waals surface area contributed by atoms with E-state index in [9.17, 15) is 4.39 Å². The molecule has 0 unspecified atom stereocenters. The molecule has 5 heteroatoms. The average molecular weight is 350 g/mol. The molecule has 0 radical (unpaired) electrons. The normalized spacial score (nSPS) is 10.4. The van der Waals surface area contributed by atoms with Crippen molar-refractivity contribution in [1.29, 1.82) is 0 Å². The first-order chi connectivity index (χ1) is 8.58. The number of halogens is 4. The van der Waals surface area contributed by atoms with E-state index in [2.05, 4.69) is 15.9 Å². The van der Waals surface area contributed by atoms with Gasteiger partial charge in [-0.15, -0.1) is 0 Å². The van der Waals surface area contributed by atoms with Gasteiger partial charge in [-0.25, -0.2) is 4.39 Å². The lowest BCUT2D eigenvalue weighted by Gasteiger charge is -2.09. The molecule has 0 aliphatic carbocycles. The van der Waals surface area contributed by atoms with E-state index in [1.807, 2.05) is 0 Å². The quantitative estimate of drug-likeness (QED) is 0.713. The zero-order chi connectivity index (χ0) is 13.1. The topological polar surface area (TPSA) is 9.23 Å². The lowest BCUT2D eigenvalue weighted by atomic mass is 10.2. The minimum absolute atomic E-state index is 0.194. The van der Waals surface area contributed by atoms with Crippen molar-refractivity contribution in [2.45, 2.75) is 6.61 Å². The average Bonchev–Trinajstić information content (AvgIpc) is 2.33. The van der Waals surface area contributed by atoms with E-state index >= 15 is 0 Å². The summed E-state index contributed by atoms with van der Waals surface area (Å²) in [5.74, 6) is 0.0458. The van der Waals surface area contributed by atoms with Crippen LogP contribution in [0.1, 0.15) is 5.56 Å². The van der Waals surface area contributed by atoms with Crippen LogP contribution < -0.4 is 4.74 Å². The van der Waals surface area contributed by atoms with Gasteiger partial charge in [0.05, 0.1) is 4.47 Å². The molecular formula is C13H8BrCl2FO. The predicted molar refractivity (Wildman–Crippen MR) is 74.9 cm³/mol. The fraction of sp³-hybridized carbons (Fsp3) is 0.0769. The molecule has 0 saturated heterocycles. The fourth-order valence-corrected chi connectivity index (χ4v) is 2.15. The van der Waals surface area contributed by atoms with Crippen molar-refractivity contribution in [2.24, 2.45) is 0 Å². The fourth-order valence-electron chi connectivity index (χ4n) is 1.39. The molecule has 0 amide bonds. The van der Waals surface area contributed by atoms with Crippen LogP contribution in [-0.4, -0.2) is 0 Å². The third-order valence-corrected chi connectivity index (χ3v) is 3.69. The van der Waals surface area contributed by atoms with Crippen molar-refractivity contribution in [1.82, 2.24) is 0 Å². The molecule has 0 atom stereocenters. The molecule has 0 spiro atoms. The Bertz CT molecular complexity index is 555. The maximum absolute atomic E-state index is 13.3. The first-order valence-electron chi connectivity index (χ1n) is 5.08. The second-order valence-electron chi connectivity index (χ2n) is 3.56. The lowest BCUT2D eigenvalue weighted by Crippen LogP contribution is -1.97. The molecule has 0 N–H and O–H groups in total. The van der Waals surface area contributed by atoms with Crippen molar-refractivity contribution >= 4 is 39.1 Å². The standard InChI is InChI=1S/C13H8BrCl2FO/c14-10-5-4-8(6-13(10)17)18-7-9-11(15)2-1-3-12(9)16/h1-6H,7H2. The Hall–Kier alpha value is -0.770. The first-order valence-corrected chi connectivity index (χ1v) is 6.63. The van der Waals surface area contributed by atoms with Crippen molar-refractivity contribution in [2.75, 3.05) is 0 Å². The van der Waals surface area contributed by atoms with Crippen LogP contribution in [0.15, 0.2) is 40.9 Å². The van der Waals surface area contributed by atoms with Crippen molar-refractivity contribution in [3.63, 3.8) is 0 Å². The monoisotopic (exact) mass is 348 g/mol. The number of hydrogen-bond donors (Lipinski definition) is 0. The van der Waals surface area contributed by atoms with Crippen LogP contribution in [0.5, 0.6) is 5.75 Å². The molecule has 2 aromatic rings. The summed E-state index contributed by atoms with van der Waals surface area (Å²) in [6.07, 6.45) is 0. The van der Waals surface area contributed by atoms with E-state index in [1.165, 1.54) is 6.07 Å². The summed E-state index contributed by atoms with van der Waals surface area (Å²) in [6, 6.07) is 9.77. The Morgan fingerprint density at radius 3 is 2.39 bits per heavy atom. The highest BCUT2D eigenvalue weighted by atomic mass is 79.9. The second kappa shape index (κ2) is 5.91. The molecule has 0 bridgehead atoms. The minimum atomic E-state index is -0.377. The third kappa shape index (κ3) is 3.16. The van der Waals surface area contributed by atoms with Gasteiger partial charge in [0.15, 0.2) is 0 Å². The first kappa shape index (κ1) is 13.7. The van der Waals surface area contributed by atoms with Crippen LogP contribution in [-0.2, 0) is 6.61 Å². The van der Waals surface area contributed by atoms with Gasteiger partial charge < -0.3 is 4.74 Å². The van der Waals surface area contributed by atoms with Crippen LogP contribution in [0.4, 0.5) is 4.39 Å². The molecule has 0 aliphatic rings. The Morgan fingerprint density at radius 1 is 1.11 bits per heavy atom. The summed E-state index contributed by atoms with van der Waals surface area (Å²) >= 11 is 15.1. The van der Waals surface area contributed by atoms with Crippen molar-refractivity contribution in [3.8, 4) is 5.75 Å². The van der Waals surface area contributed by atoms with Crippen LogP contribution in [0, 0.1) is 5.82 Å². The number of rotatable bonds is 3. The van der Waals surface area contributed by atoms with Gasteiger partial charge in [-0.2, -0.15) is 0 Å². The minimum Gasteiger partial charge on any atom is -0.489 e. The van der Waals surface area contributed by atoms with Crippen LogP contribution in [0.3, 0.4) is 0 Å². The lowest BCUT2D eigenvalue weighted by molar-refractivity contribution is 0.304. The number of ether oxygens (including phenoxy) is 1. The molecule has 0 fully saturated rings. The third-order valence-electron chi connectivity index (χ3n) is 2.34. The van der Waals surface area contributed by atoms with E-state index in [0.29, 0.717) is 25.8 Å². The Labute approximate surface area is 123 Å². The maximum Gasteiger partial charge on any atom is 0.141 e. The van der Waals surface area contributed by atoms with Gasteiger partial charge in [-0.05, 0) is 40.2 Å². The predicted octanol–water partition coefficient (Wildman–Crippen LogP) is 5.47. The number of benzene rings is 2. The molecule has 0 heterocycles. The second-order valence-corrected chi connectivity index (χ2v) is 5.23. The van der Waals surface area contributed by atoms with Gasteiger partial charge >= 0.3 is 0 Å². The van der Waals surface area contributed by atoms with Gasteiger partial charge in [0.1, 0.15) is 18.2 Å². The van der Waals surface area contributed by atoms with E-state index in [-0.39, 0.29) is 12.4 Å². The van der Waals surface area contributed by atoms with Gasteiger partial charge in [0.25, 0.3) is 0 Å². The van der Waals surface area contributed by atoms with Gasteiger partial charge in [0, 0.05) is 21.7 Å². The Balaban J connectivity index is 2.14. The molecule has 94 valence electrons. The summed E-state index contributed by atoms with van der Waals surface area (Å²) in [7, 11) is 0. The molecule has 2 rings (SSSR count). The highest BCUT2D eigenvalue weighted by Crippen LogP contribution is 2.27. The molecule has 0 saturated carbocycles. The summed E-state index contributed by atoms with van der Waals surface area (Å²) in [5.41, 5.74) is 0.684. The van der Waals surface area contributed by atoms with Gasteiger partial charge in [-0.1, -0.05) is 29.3 Å². The van der Waals surface area contributed by atoms with Crippen LogP contribution in [0.2, 0.25) is 10.0 Å². The van der Waals surface area contributed by atoms with E-state index in [0.717, 1.165) is 0 Å². The number of hydrogen-bond acceptors (Lipinski definition) is 1. The molecule has 1 nitrogen and oxygen atoms in total. The summed E-state index contributed by atoms with van der Waals surface area (Å²) in [5, 5.41) is 1.06. The molecule has 0 aliphatic heterocycles. The SMILES string of the molecule is Fc1cc(OCc2c(Cl)cccc2Cl)ccc1Br. The van der Waals surface area contributed by atoms with Crippen LogP contribution in [0.25, 0.3) is 0 Å². The zero-order valence-corrected chi connectivity index (χ0v) is 12.2. The summed E-state index contributed by atoms with van der Waals surface area (Å²) < 4.78 is 19.1. The van der Waals surface area contributed by atoms with Crippen molar-refractivity contribution < 1.29 is 9.13 Å². The summed E-state index contributed by atoms with van der Waals surface area (Å²) in [6.45, 7) is 0.194. The van der Waals surface area contributed by atoms with Gasteiger partial charge in [0.2, 0.25) is 0 Å². The zero-order valence-electron chi connectivity index (χ0n) is 9.09. The van der Waals surface area contributed by atoms with Crippen LogP contribution >= 0.6 is 39.1 Å². The smallest absolute Gasteiger partial charge is 0.141 e. The molecular weight excluding hydrogens is 342 g/mol. The molecule has 18 heavy (non-hydrogen) atoms. The highest BCUT2D eigenvalue weighted by molar-refractivity contribution is 9.10. The molecule has 0 aromatic heterocycles. The van der Waals surface area contributed by atoms with E-state index in [1.54, 1.807) is 30.3 Å². The Kier molecular flexibility index (Phi) is 4.49. The largest absolute Gasteiger partial charge is 0.489 e.